The second-order valence-corrected chi connectivity index (χ2v) is 13.3. The number of rotatable bonds is 6. The van der Waals surface area contributed by atoms with Gasteiger partial charge in [0.05, 0.1) is 11.4 Å². The predicted octanol–water partition coefficient (Wildman–Crippen LogP) is 12.8. The van der Waals surface area contributed by atoms with Crippen molar-refractivity contribution in [3.8, 4) is 67.3 Å². The molecule has 0 unspecified atom stereocenters. The van der Waals surface area contributed by atoms with Crippen LogP contribution in [0.25, 0.3) is 88.8 Å². The Bertz CT molecular complexity index is 2580. The van der Waals surface area contributed by atoms with Gasteiger partial charge in [-0.1, -0.05) is 164 Å². The first kappa shape index (κ1) is 31.3. The summed E-state index contributed by atoms with van der Waals surface area (Å²) < 4.78 is 0. The van der Waals surface area contributed by atoms with Crippen molar-refractivity contribution in [3.05, 3.63) is 187 Å². The van der Waals surface area contributed by atoms with Gasteiger partial charge in [-0.2, -0.15) is 0 Å². The van der Waals surface area contributed by atoms with E-state index >= 15 is 0 Å². The molecule has 9 rings (SSSR count). The van der Waals surface area contributed by atoms with Gasteiger partial charge < -0.3 is 0 Å². The molecule has 2 aromatic heterocycles. The van der Waals surface area contributed by atoms with Crippen LogP contribution in [0.15, 0.2) is 176 Å². The highest BCUT2D eigenvalue weighted by Crippen LogP contribution is 2.34. The fourth-order valence-corrected chi connectivity index (χ4v) is 7.26. The quantitative estimate of drug-likeness (QED) is 0.177. The number of hydrogen-bond acceptors (Lipinski definition) is 3. The highest BCUT2D eigenvalue weighted by atomic mass is 14.9. The molecule has 0 aliphatic rings. The molecule has 0 saturated heterocycles. The van der Waals surface area contributed by atoms with Gasteiger partial charge in [-0.25, -0.2) is 9.97 Å². The third-order valence-corrected chi connectivity index (χ3v) is 9.97. The molecule has 0 fully saturated rings. The number of aromatic nitrogens is 3. The summed E-state index contributed by atoms with van der Waals surface area (Å²) in [6.07, 6.45) is 0. The first-order valence-corrected chi connectivity index (χ1v) is 17.7. The van der Waals surface area contributed by atoms with Crippen molar-refractivity contribution in [3.63, 3.8) is 0 Å². The number of aryl methyl sites for hydroxylation is 2. The molecule has 0 N–H and O–H groups in total. The Morgan fingerprint density at radius 2 is 0.750 bits per heavy atom. The summed E-state index contributed by atoms with van der Waals surface area (Å²) in [7, 11) is 0. The van der Waals surface area contributed by atoms with Gasteiger partial charge in [0.1, 0.15) is 0 Å². The smallest absolute Gasteiger partial charge is 0.160 e. The van der Waals surface area contributed by atoms with Gasteiger partial charge in [0.15, 0.2) is 5.82 Å². The molecule has 0 aliphatic heterocycles. The lowest BCUT2D eigenvalue weighted by Gasteiger charge is -2.12. The van der Waals surface area contributed by atoms with E-state index in [9.17, 15) is 0 Å². The van der Waals surface area contributed by atoms with E-state index in [1.807, 2.05) is 6.92 Å². The van der Waals surface area contributed by atoms with Crippen LogP contribution in [0.5, 0.6) is 0 Å². The van der Waals surface area contributed by atoms with Crippen LogP contribution in [0.4, 0.5) is 0 Å². The molecule has 0 spiro atoms. The Labute approximate surface area is 304 Å². The molecule has 0 saturated carbocycles. The van der Waals surface area contributed by atoms with Crippen molar-refractivity contribution in [2.24, 2.45) is 0 Å². The molecule has 0 atom stereocenters. The maximum atomic E-state index is 5.17. The average molecular weight is 666 g/mol. The molecule has 0 aliphatic carbocycles. The number of pyridine rings is 1. The van der Waals surface area contributed by atoms with Crippen LogP contribution < -0.4 is 0 Å². The Morgan fingerprint density at radius 3 is 1.25 bits per heavy atom. The molecule has 2 heterocycles. The number of fused-ring (bicyclic) bond motifs is 2. The summed E-state index contributed by atoms with van der Waals surface area (Å²) >= 11 is 0. The van der Waals surface area contributed by atoms with Crippen molar-refractivity contribution in [2.45, 2.75) is 13.8 Å². The van der Waals surface area contributed by atoms with E-state index in [1.165, 1.54) is 38.2 Å². The maximum Gasteiger partial charge on any atom is 0.160 e. The lowest BCUT2D eigenvalue weighted by molar-refractivity contribution is 1.13. The van der Waals surface area contributed by atoms with Crippen molar-refractivity contribution >= 4 is 21.5 Å². The SMILES string of the molecule is Cc1ccc(-c2ccc(-c3cc(-c4ccc(-c5cccc6ccccc56)cc4)nc(-c4ccc(-c5cccc6ccccc56)cc4)n3)cc2)c(C)n1. The monoisotopic (exact) mass is 665 g/mol. The highest BCUT2D eigenvalue weighted by Gasteiger charge is 2.13. The van der Waals surface area contributed by atoms with Crippen molar-refractivity contribution in [1.82, 2.24) is 15.0 Å². The van der Waals surface area contributed by atoms with E-state index in [-0.39, 0.29) is 0 Å². The highest BCUT2D eigenvalue weighted by molar-refractivity contribution is 5.98. The van der Waals surface area contributed by atoms with E-state index in [2.05, 4.69) is 188 Å². The molecule has 52 heavy (non-hydrogen) atoms. The predicted molar refractivity (Wildman–Crippen MR) is 217 cm³/mol. The van der Waals surface area contributed by atoms with Gasteiger partial charge in [-0.15, -0.1) is 0 Å². The lowest BCUT2D eigenvalue weighted by atomic mass is 9.96. The molecule has 0 amide bonds. The third kappa shape index (κ3) is 5.93. The Morgan fingerprint density at radius 1 is 0.327 bits per heavy atom. The summed E-state index contributed by atoms with van der Waals surface area (Å²) in [6, 6.07) is 62.4. The summed E-state index contributed by atoms with van der Waals surface area (Å²) in [5, 5.41) is 4.96. The van der Waals surface area contributed by atoms with Gasteiger partial charge in [-0.05, 0) is 75.3 Å². The number of benzene rings is 7. The molecule has 0 bridgehead atoms. The standard InChI is InChI=1S/C49H35N3/c1-32-17-30-42(33(2)50-32)36-18-24-39(25-19-36)47-31-48(40-26-20-37(21-27-40)45-15-7-11-34-9-3-5-13-43(34)45)52-49(51-47)41-28-22-38(23-29-41)46-16-8-12-35-10-4-6-14-44(35)46/h3-31H,1-2H3. The van der Waals surface area contributed by atoms with Gasteiger partial charge in [0.25, 0.3) is 0 Å². The minimum Gasteiger partial charge on any atom is -0.258 e. The number of nitrogens with zero attached hydrogens (tertiary/aromatic N) is 3. The van der Waals surface area contributed by atoms with Crippen LogP contribution in [0, 0.1) is 13.8 Å². The zero-order chi connectivity index (χ0) is 35.0. The molecular weight excluding hydrogens is 631 g/mol. The van der Waals surface area contributed by atoms with Crippen LogP contribution in [0.2, 0.25) is 0 Å². The third-order valence-electron chi connectivity index (χ3n) is 9.97. The van der Waals surface area contributed by atoms with E-state index in [4.69, 9.17) is 9.97 Å². The molecule has 246 valence electrons. The Kier molecular flexibility index (Phi) is 7.94. The van der Waals surface area contributed by atoms with Crippen LogP contribution in [0.3, 0.4) is 0 Å². The second kappa shape index (κ2) is 13.2. The maximum absolute atomic E-state index is 5.17. The first-order chi connectivity index (χ1) is 25.6. The van der Waals surface area contributed by atoms with Gasteiger partial charge >= 0.3 is 0 Å². The first-order valence-electron chi connectivity index (χ1n) is 17.7. The van der Waals surface area contributed by atoms with Crippen molar-refractivity contribution in [2.75, 3.05) is 0 Å². The minimum absolute atomic E-state index is 0.692. The zero-order valence-corrected chi connectivity index (χ0v) is 29.1. The van der Waals surface area contributed by atoms with Crippen molar-refractivity contribution < 1.29 is 0 Å². The fourth-order valence-electron chi connectivity index (χ4n) is 7.26. The average Bonchev–Trinajstić information content (AvgIpc) is 3.20. The van der Waals surface area contributed by atoms with Crippen LogP contribution >= 0.6 is 0 Å². The molecule has 3 nitrogen and oxygen atoms in total. The zero-order valence-electron chi connectivity index (χ0n) is 29.1. The molecule has 9 aromatic rings. The van der Waals surface area contributed by atoms with Gasteiger partial charge in [0.2, 0.25) is 0 Å². The van der Waals surface area contributed by atoms with E-state index in [0.717, 1.165) is 56.2 Å². The largest absolute Gasteiger partial charge is 0.258 e. The molecular formula is C49H35N3. The van der Waals surface area contributed by atoms with E-state index in [1.54, 1.807) is 0 Å². The van der Waals surface area contributed by atoms with Gasteiger partial charge in [0, 0.05) is 33.6 Å². The van der Waals surface area contributed by atoms with Crippen LogP contribution in [-0.2, 0) is 0 Å². The summed E-state index contributed by atoms with van der Waals surface area (Å²) in [5.41, 5.74) is 13.9. The van der Waals surface area contributed by atoms with E-state index < -0.39 is 0 Å². The van der Waals surface area contributed by atoms with Crippen LogP contribution in [-0.4, -0.2) is 15.0 Å². The molecule has 7 aromatic carbocycles. The van der Waals surface area contributed by atoms with E-state index in [0.29, 0.717) is 5.82 Å². The lowest BCUT2D eigenvalue weighted by Crippen LogP contribution is -1.96. The summed E-state index contributed by atoms with van der Waals surface area (Å²) in [5.74, 6) is 0.692. The topological polar surface area (TPSA) is 38.7 Å². The second-order valence-electron chi connectivity index (χ2n) is 13.3. The molecule has 3 heteroatoms. The normalized spacial score (nSPS) is 11.3. The number of hydrogen-bond donors (Lipinski definition) is 0. The Hall–Kier alpha value is -6.71. The van der Waals surface area contributed by atoms with Gasteiger partial charge in [-0.3, -0.25) is 4.98 Å². The van der Waals surface area contributed by atoms with Crippen LogP contribution in [0.1, 0.15) is 11.4 Å². The fraction of sp³-hybridized carbons (Fsp3) is 0.0408. The summed E-state index contributed by atoms with van der Waals surface area (Å²) in [4.78, 5) is 15.0. The summed E-state index contributed by atoms with van der Waals surface area (Å²) in [6.45, 7) is 4.09. The van der Waals surface area contributed by atoms with Crippen molar-refractivity contribution in [1.29, 1.82) is 0 Å². The Balaban J connectivity index is 1.12. The minimum atomic E-state index is 0.692. The molecule has 0 radical (unpaired) electrons.